The second-order valence-corrected chi connectivity index (χ2v) is 11.5. The Morgan fingerprint density at radius 2 is 1.30 bits per heavy atom. The molecule has 0 unspecified atom stereocenters. The van der Waals surface area contributed by atoms with Crippen molar-refractivity contribution in [2.45, 2.75) is 43.3 Å². The van der Waals surface area contributed by atoms with E-state index in [4.69, 9.17) is 9.47 Å². The molecular formula is C33H27F5N2O5S. The second kappa shape index (κ2) is 14.4. The summed E-state index contributed by atoms with van der Waals surface area (Å²) in [5.41, 5.74) is 1.26. The number of nitrogens with one attached hydrogen (secondary N) is 2. The van der Waals surface area contributed by atoms with Gasteiger partial charge in [-0.25, -0.2) is 22.0 Å². The Hall–Kier alpha value is -4.30. The minimum absolute atomic E-state index is 0.0273. The molecule has 4 aromatic rings. The van der Waals surface area contributed by atoms with Crippen LogP contribution in [0.5, 0.6) is 0 Å². The summed E-state index contributed by atoms with van der Waals surface area (Å²) in [5, 5.41) is 14.3. The van der Waals surface area contributed by atoms with E-state index < -0.39 is 46.8 Å². The zero-order chi connectivity index (χ0) is 33.0. The van der Waals surface area contributed by atoms with Crippen LogP contribution in [0.3, 0.4) is 0 Å². The number of thioether (sulfide) groups is 1. The first kappa shape index (κ1) is 33.1. The summed E-state index contributed by atoms with van der Waals surface area (Å²) in [6, 6.07) is 20.5. The predicted molar refractivity (Wildman–Crippen MR) is 161 cm³/mol. The van der Waals surface area contributed by atoms with Crippen LogP contribution in [0.2, 0.25) is 0 Å². The van der Waals surface area contributed by atoms with E-state index in [2.05, 4.69) is 10.6 Å². The van der Waals surface area contributed by atoms with E-state index >= 15 is 0 Å². The van der Waals surface area contributed by atoms with Gasteiger partial charge in [-0.05, 0) is 47.5 Å². The minimum atomic E-state index is -2.36. The number of hydrogen-bond donors (Lipinski definition) is 3. The van der Waals surface area contributed by atoms with Gasteiger partial charge in [0.15, 0.2) is 29.6 Å². The maximum Gasteiger partial charge on any atom is 0.261 e. The van der Waals surface area contributed by atoms with Gasteiger partial charge in [-0.3, -0.25) is 9.59 Å². The molecule has 5 rings (SSSR count). The molecule has 1 aliphatic rings. The lowest BCUT2D eigenvalue weighted by molar-refractivity contribution is -0.245. The van der Waals surface area contributed by atoms with Crippen LogP contribution in [0.4, 0.5) is 33.3 Å². The number of carbonyl (C=O) groups excluding carboxylic acids is 2. The molecule has 4 aromatic carbocycles. The van der Waals surface area contributed by atoms with Crippen molar-refractivity contribution in [3.63, 3.8) is 0 Å². The van der Waals surface area contributed by atoms with Crippen LogP contribution in [-0.2, 0) is 20.9 Å². The van der Waals surface area contributed by atoms with Crippen LogP contribution >= 0.6 is 11.8 Å². The molecular weight excluding hydrogens is 631 g/mol. The fourth-order valence-corrected chi connectivity index (χ4v) is 5.69. The molecule has 1 aliphatic heterocycles. The summed E-state index contributed by atoms with van der Waals surface area (Å²) in [6.07, 6.45) is -1.01. The first-order valence-electron chi connectivity index (χ1n) is 14.0. The molecule has 0 spiro atoms. The Balaban J connectivity index is 1.32. The van der Waals surface area contributed by atoms with Crippen LogP contribution in [0, 0.1) is 29.1 Å². The predicted octanol–water partition coefficient (Wildman–Crippen LogP) is 7.42. The Morgan fingerprint density at radius 3 is 1.89 bits per heavy atom. The third kappa shape index (κ3) is 7.56. The quantitative estimate of drug-likeness (QED) is 0.0750. The number of rotatable bonds is 9. The van der Waals surface area contributed by atoms with Crippen LogP contribution in [0.15, 0.2) is 77.7 Å². The van der Waals surface area contributed by atoms with Crippen molar-refractivity contribution in [1.82, 2.24) is 0 Å². The summed E-state index contributed by atoms with van der Waals surface area (Å²) in [5.74, 6) is -12.4. The summed E-state index contributed by atoms with van der Waals surface area (Å²) in [4.78, 5) is 24.7. The molecule has 1 saturated heterocycles. The van der Waals surface area contributed by atoms with E-state index in [-0.39, 0.29) is 30.4 Å². The molecule has 2 amide bonds. The highest BCUT2D eigenvalue weighted by atomic mass is 32.2. The summed E-state index contributed by atoms with van der Waals surface area (Å²) in [7, 11) is 0. The first-order chi connectivity index (χ1) is 22.0. The number of benzene rings is 4. The number of aliphatic hydroxyl groups is 1. The molecule has 46 heavy (non-hydrogen) atoms. The highest BCUT2D eigenvalue weighted by molar-refractivity contribution is 7.99. The average Bonchev–Trinajstić information content (AvgIpc) is 3.06. The van der Waals surface area contributed by atoms with Gasteiger partial charge in [0.05, 0.1) is 18.8 Å². The average molecular weight is 659 g/mol. The minimum Gasteiger partial charge on any atom is -0.392 e. The SMILES string of the molecule is CC(=O)Nc1ccc(SC[C@@H]2C[C@H](c3ccc(CO)cc3)O[C@H](c3ccc(NC(=O)c4c(F)c(F)c(F)c(F)c4F)cc3)O2)cc1. The van der Waals surface area contributed by atoms with Gasteiger partial charge in [-0.2, -0.15) is 0 Å². The number of aliphatic hydroxyl groups excluding tert-OH is 1. The van der Waals surface area contributed by atoms with Gasteiger partial charge in [-0.15, -0.1) is 11.8 Å². The molecule has 3 N–H and O–H groups in total. The van der Waals surface area contributed by atoms with Gasteiger partial charge in [0.1, 0.15) is 5.56 Å². The number of anilines is 2. The molecule has 0 saturated carbocycles. The van der Waals surface area contributed by atoms with E-state index in [1.165, 1.54) is 19.1 Å². The normalized spacial score (nSPS) is 17.8. The lowest BCUT2D eigenvalue weighted by Crippen LogP contribution is -2.31. The van der Waals surface area contributed by atoms with Crippen LogP contribution in [0.1, 0.15) is 52.8 Å². The van der Waals surface area contributed by atoms with Crippen LogP contribution in [0.25, 0.3) is 0 Å². The molecule has 3 atom stereocenters. The van der Waals surface area contributed by atoms with E-state index in [0.717, 1.165) is 16.0 Å². The van der Waals surface area contributed by atoms with Gasteiger partial charge in [0, 0.05) is 40.9 Å². The molecule has 1 heterocycles. The first-order valence-corrected chi connectivity index (χ1v) is 15.0. The third-order valence-electron chi connectivity index (χ3n) is 7.10. The zero-order valence-electron chi connectivity index (χ0n) is 24.2. The van der Waals surface area contributed by atoms with Gasteiger partial charge < -0.3 is 25.2 Å². The molecule has 240 valence electrons. The van der Waals surface area contributed by atoms with E-state index in [0.29, 0.717) is 23.4 Å². The van der Waals surface area contributed by atoms with Gasteiger partial charge >= 0.3 is 0 Å². The molecule has 7 nitrogen and oxygen atoms in total. The van der Waals surface area contributed by atoms with Crippen molar-refractivity contribution < 1.29 is 46.1 Å². The van der Waals surface area contributed by atoms with Gasteiger partial charge in [-0.1, -0.05) is 36.4 Å². The van der Waals surface area contributed by atoms with E-state index in [9.17, 15) is 36.6 Å². The Morgan fingerprint density at radius 1 is 0.761 bits per heavy atom. The number of ether oxygens (including phenoxy) is 2. The topological polar surface area (TPSA) is 96.9 Å². The van der Waals surface area contributed by atoms with E-state index in [1.54, 1.807) is 48.2 Å². The van der Waals surface area contributed by atoms with E-state index in [1.807, 2.05) is 24.3 Å². The molecule has 0 radical (unpaired) electrons. The number of hydrogen-bond acceptors (Lipinski definition) is 6. The summed E-state index contributed by atoms with van der Waals surface area (Å²) >= 11 is 1.56. The molecule has 0 aliphatic carbocycles. The van der Waals surface area contributed by atoms with Gasteiger partial charge in [0.25, 0.3) is 5.91 Å². The molecule has 0 aromatic heterocycles. The maximum absolute atomic E-state index is 14.1. The summed E-state index contributed by atoms with van der Waals surface area (Å²) < 4.78 is 81.4. The number of halogens is 5. The monoisotopic (exact) mass is 658 g/mol. The van der Waals surface area contributed by atoms with Crippen LogP contribution < -0.4 is 10.6 Å². The smallest absolute Gasteiger partial charge is 0.261 e. The van der Waals surface area contributed by atoms with Crippen LogP contribution in [-0.4, -0.2) is 28.8 Å². The fourth-order valence-electron chi connectivity index (χ4n) is 4.77. The largest absolute Gasteiger partial charge is 0.392 e. The standard InChI is InChI=1S/C33H27F5N2O5S/c1-17(42)39-21-10-12-24(13-11-21)46-16-23-14-25(19-4-2-18(15-41)3-5-19)45-33(44-23)20-6-8-22(9-7-20)40-32(43)26-27(34)29(36)31(38)30(37)28(26)35/h2-13,23,25,33,41H,14-16H2,1H3,(H,39,42)(H,40,43)/t23-,25+,33+/m0/s1. The highest BCUT2D eigenvalue weighted by Gasteiger charge is 2.33. The molecule has 1 fully saturated rings. The summed E-state index contributed by atoms with van der Waals surface area (Å²) in [6.45, 7) is 1.32. The van der Waals surface area contributed by atoms with Crippen molar-refractivity contribution >= 4 is 35.0 Å². The van der Waals surface area contributed by atoms with Crippen molar-refractivity contribution in [2.24, 2.45) is 0 Å². The van der Waals surface area contributed by atoms with Gasteiger partial charge in [0.2, 0.25) is 11.7 Å². The lowest BCUT2D eigenvalue weighted by atomic mass is 10.0. The lowest BCUT2D eigenvalue weighted by Gasteiger charge is -2.36. The molecule has 13 heteroatoms. The van der Waals surface area contributed by atoms with Crippen molar-refractivity contribution in [2.75, 3.05) is 16.4 Å². The fraction of sp³-hybridized carbons (Fsp3) is 0.212. The zero-order valence-corrected chi connectivity index (χ0v) is 25.0. The number of carbonyl (C=O) groups is 2. The van der Waals surface area contributed by atoms with Crippen molar-refractivity contribution in [3.8, 4) is 0 Å². The highest BCUT2D eigenvalue weighted by Crippen LogP contribution is 2.40. The maximum atomic E-state index is 14.1. The molecule has 0 bridgehead atoms. The van der Waals surface area contributed by atoms with Crippen molar-refractivity contribution in [3.05, 3.63) is 124 Å². The third-order valence-corrected chi connectivity index (χ3v) is 8.25. The number of amides is 2. The second-order valence-electron chi connectivity index (χ2n) is 10.4. The van der Waals surface area contributed by atoms with Crippen molar-refractivity contribution in [1.29, 1.82) is 0 Å². The Labute approximate surface area is 264 Å². The Bertz CT molecular complexity index is 1690. The Kier molecular flexibility index (Phi) is 10.4.